The molecule has 0 fully saturated rings. The summed E-state index contributed by atoms with van der Waals surface area (Å²) < 4.78 is 36.3. The van der Waals surface area contributed by atoms with Crippen LogP contribution in [0.2, 0.25) is 0 Å². The van der Waals surface area contributed by atoms with Gasteiger partial charge in [0.2, 0.25) is 10.8 Å². The SMILES string of the molecule is FC(F)(F)c1ccc(C2=C[Cl+]2)cc1. The summed E-state index contributed by atoms with van der Waals surface area (Å²) in [6, 6.07) is 5.16. The normalized spacial score (nSPS) is 15.5. The predicted octanol–water partition coefficient (Wildman–Crippen LogP) is 3.10. The first-order valence-corrected chi connectivity index (χ1v) is 4.40. The van der Waals surface area contributed by atoms with Crippen molar-refractivity contribution >= 4 is 5.03 Å². The van der Waals surface area contributed by atoms with Gasteiger partial charge in [0.15, 0.2) is 0 Å². The van der Waals surface area contributed by atoms with Crippen LogP contribution in [-0.2, 0) is 6.18 Å². The Bertz CT molecular complexity index is 348. The van der Waals surface area contributed by atoms with E-state index in [4.69, 9.17) is 0 Å². The molecule has 0 atom stereocenters. The first kappa shape index (κ1) is 8.63. The van der Waals surface area contributed by atoms with E-state index in [0.29, 0.717) is 0 Å². The zero-order chi connectivity index (χ0) is 9.47. The highest BCUT2D eigenvalue weighted by atomic mass is 35.5. The molecule has 68 valence electrons. The Balaban J connectivity index is 2.28. The molecule has 1 aromatic rings. The summed E-state index contributed by atoms with van der Waals surface area (Å²) in [5.74, 6) is 0. The zero-order valence-corrected chi connectivity index (χ0v) is 7.15. The molecule has 0 aliphatic carbocycles. The van der Waals surface area contributed by atoms with E-state index in [2.05, 4.69) is 0 Å². The van der Waals surface area contributed by atoms with Crippen LogP contribution in [0.4, 0.5) is 13.2 Å². The number of hydrogen-bond acceptors (Lipinski definition) is 0. The third kappa shape index (κ3) is 1.86. The van der Waals surface area contributed by atoms with E-state index < -0.39 is 11.7 Å². The fraction of sp³-hybridized carbons (Fsp3) is 0.111. The summed E-state index contributed by atoms with van der Waals surface area (Å²) in [5.41, 5.74) is 2.08. The Hall–Kier alpha value is -0.960. The predicted molar refractivity (Wildman–Crippen MR) is 39.4 cm³/mol. The minimum Gasteiger partial charge on any atom is -0.166 e. The second-order valence-electron chi connectivity index (χ2n) is 2.64. The molecule has 0 radical (unpaired) electrons. The number of rotatable bonds is 1. The van der Waals surface area contributed by atoms with Gasteiger partial charge in [0.25, 0.3) is 10.6 Å². The maximum Gasteiger partial charge on any atom is 0.416 e. The molecule has 4 heteroatoms. The molecule has 0 unspecified atom stereocenters. The highest BCUT2D eigenvalue weighted by Crippen LogP contribution is 2.32. The molecule has 0 saturated heterocycles. The van der Waals surface area contributed by atoms with Crippen LogP contribution in [0.3, 0.4) is 0 Å². The van der Waals surface area contributed by atoms with Crippen molar-refractivity contribution in [1.82, 2.24) is 0 Å². The summed E-state index contributed by atoms with van der Waals surface area (Å²) in [4.78, 5) is 0. The van der Waals surface area contributed by atoms with Crippen molar-refractivity contribution in [2.75, 3.05) is 0 Å². The van der Waals surface area contributed by atoms with Crippen LogP contribution in [0.25, 0.3) is 5.03 Å². The Morgan fingerprint density at radius 3 is 1.92 bits per heavy atom. The monoisotopic (exact) mass is 205 g/mol. The lowest BCUT2D eigenvalue weighted by Gasteiger charge is -2.04. The van der Waals surface area contributed by atoms with Crippen molar-refractivity contribution in [1.29, 1.82) is 0 Å². The van der Waals surface area contributed by atoms with Crippen LogP contribution in [-0.4, -0.2) is 0 Å². The van der Waals surface area contributed by atoms with Gasteiger partial charge in [-0.15, -0.1) is 0 Å². The zero-order valence-electron chi connectivity index (χ0n) is 6.40. The largest absolute Gasteiger partial charge is 0.416 e. The van der Waals surface area contributed by atoms with E-state index in [1.807, 2.05) is 16.3 Å². The summed E-state index contributed by atoms with van der Waals surface area (Å²) in [6.07, 6.45) is -4.24. The van der Waals surface area contributed by atoms with E-state index >= 15 is 0 Å². The maximum atomic E-state index is 12.1. The fourth-order valence-corrected chi connectivity index (χ4v) is 1.40. The topological polar surface area (TPSA) is 0 Å². The van der Waals surface area contributed by atoms with Crippen LogP contribution in [0, 0.1) is 10.8 Å². The molecule has 0 nitrogen and oxygen atoms in total. The first-order chi connectivity index (χ1) is 6.07. The molecule has 1 heterocycles. The highest BCUT2D eigenvalue weighted by molar-refractivity contribution is 5.62. The molecular formula is C9H5ClF3+. The van der Waals surface area contributed by atoms with E-state index in [9.17, 15) is 13.2 Å². The van der Waals surface area contributed by atoms with Gasteiger partial charge in [-0.25, -0.2) is 0 Å². The van der Waals surface area contributed by atoms with E-state index in [1.165, 1.54) is 12.1 Å². The van der Waals surface area contributed by atoms with Gasteiger partial charge < -0.3 is 0 Å². The quantitative estimate of drug-likeness (QED) is 0.661. The van der Waals surface area contributed by atoms with Crippen molar-refractivity contribution in [3.8, 4) is 0 Å². The second kappa shape index (κ2) is 2.77. The Labute approximate surface area is 76.8 Å². The van der Waals surface area contributed by atoms with E-state index in [1.54, 1.807) is 0 Å². The first-order valence-electron chi connectivity index (χ1n) is 3.58. The molecule has 1 aromatic carbocycles. The van der Waals surface area contributed by atoms with Gasteiger partial charge in [-0.05, 0) is 24.3 Å². The van der Waals surface area contributed by atoms with Gasteiger partial charge in [0.1, 0.15) is 0 Å². The van der Waals surface area contributed by atoms with Crippen LogP contribution >= 0.6 is 0 Å². The number of halogens is 4. The average molecular weight is 206 g/mol. The Morgan fingerprint density at radius 2 is 1.54 bits per heavy atom. The van der Waals surface area contributed by atoms with Gasteiger partial charge in [0, 0.05) is 5.56 Å². The molecule has 0 saturated carbocycles. The van der Waals surface area contributed by atoms with Crippen molar-refractivity contribution in [3.05, 3.63) is 40.9 Å². The third-order valence-electron chi connectivity index (χ3n) is 1.71. The van der Waals surface area contributed by atoms with Gasteiger partial charge in [-0.1, -0.05) is 0 Å². The summed E-state index contributed by atoms with van der Waals surface area (Å²) in [7, 11) is 1.97. The lowest BCUT2D eigenvalue weighted by Crippen LogP contribution is -2.04. The van der Waals surface area contributed by atoms with Crippen LogP contribution in [0.1, 0.15) is 11.1 Å². The minimum absolute atomic E-state index is 0.601. The Morgan fingerprint density at radius 1 is 1.00 bits per heavy atom. The lowest BCUT2D eigenvalue weighted by atomic mass is 10.1. The molecule has 0 N–H and O–H groups in total. The molecule has 13 heavy (non-hydrogen) atoms. The fourth-order valence-electron chi connectivity index (χ4n) is 0.972. The van der Waals surface area contributed by atoms with Gasteiger partial charge in [-0.2, -0.15) is 13.2 Å². The minimum atomic E-state index is -4.24. The highest BCUT2D eigenvalue weighted by Gasteiger charge is 2.34. The number of hydrogen-bond donors (Lipinski definition) is 0. The van der Waals surface area contributed by atoms with Crippen LogP contribution < -0.4 is 0 Å². The maximum absolute atomic E-state index is 12.1. The summed E-state index contributed by atoms with van der Waals surface area (Å²) in [6.45, 7) is 0. The molecule has 1 aliphatic heterocycles. The van der Waals surface area contributed by atoms with Crippen LogP contribution in [0.15, 0.2) is 29.8 Å². The smallest absolute Gasteiger partial charge is 0.166 e. The Kier molecular flexibility index (Phi) is 1.84. The number of alkyl halides is 3. The molecule has 2 rings (SSSR count). The second-order valence-corrected chi connectivity index (χ2v) is 3.48. The third-order valence-corrected chi connectivity index (χ3v) is 2.36. The van der Waals surface area contributed by atoms with Crippen molar-refractivity contribution in [2.24, 2.45) is 0 Å². The summed E-state index contributed by atoms with van der Waals surface area (Å²) in [5, 5.41) is 0.994. The van der Waals surface area contributed by atoms with Gasteiger partial charge in [-0.3, -0.25) is 0 Å². The van der Waals surface area contributed by atoms with Crippen molar-refractivity contribution in [2.45, 2.75) is 6.18 Å². The van der Waals surface area contributed by atoms with Gasteiger partial charge in [0.05, 0.1) is 5.56 Å². The molecule has 0 spiro atoms. The molecule has 0 amide bonds. The standard InChI is InChI=1S/C9H5ClF3/c11-9(12,13)7-3-1-6(2-4-7)8-5-10-8/h1-5H/q+1. The molecule has 1 aliphatic rings. The van der Waals surface area contributed by atoms with Crippen molar-refractivity contribution < 1.29 is 24.0 Å². The van der Waals surface area contributed by atoms with Crippen molar-refractivity contribution in [3.63, 3.8) is 0 Å². The summed E-state index contributed by atoms with van der Waals surface area (Å²) >= 11 is 0. The van der Waals surface area contributed by atoms with Gasteiger partial charge >= 0.3 is 6.18 Å². The molecular weight excluding hydrogens is 201 g/mol. The van der Waals surface area contributed by atoms with Crippen LogP contribution in [0.5, 0.6) is 0 Å². The molecule has 0 aromatic heterocycles. The average Bonchev–Trinajstić information content (AvgIpc) is 2.85. The van der Waals surface area contributed by atoms with E-state index in [0.717, 1.165) is 22.7 Å². The number of benzene rings is 1. The lowest BCUT2D eigenvalue weighted by molar-refractivity contribution is -0.411. The van der Waals surface area contributed by atoms with E-state index in [-0.39, 0.29) is 0 Å². The molecule has 0 bridgehead atoms.